The normalized spacial score (nSPS) is 36.0. The molecule has 2 aliphatic rings. The first kappa shape index (κ1) is 10.8. The lowest BCUT2D eigenvalue weighted by Gasteiger charge is -2.55. The van der Waals surface area contributed by atoms with Crippen LogP contribution in [0.5, 0.6) is 0 Å². The van der Waals surface area contributed by atoms with Crippen LogP contribution in [0.4, 0.5) is 0 Å². The first-order chi connectivity index (χ1) is 6.65. The Labute approximate surface area is 92.2 Å². The van der Waals surface area contributed by atoms with Gasteiger partial charge in [-0.15, -0.1) is 11.6 Å². The molecule has 1 nitrogen and oxygen atoms in total. The van der Waals surface area contributed by atoms with Crippen LogP contribution in [-0.2, 0) is 4.74 Å². The van der Waals surface area contributed by atoms with E-state index >= 15 is 0 Å². The zero-order valence-electron chi connectivity index (χ0n) is 9.26. The number of hydrogen-bond donors (Lipinski definition) is 0. The van der Waals surface area contributed by atoms with Crippen molar-refractivity contribution in [2.24, 2.45) is 5.41 Å². The van der Waals surface area contributed by atoms with Gasteiger partial charge in [-0.25, -0.2) is 0 Å². The highest BCUT2D eigenvalue weighted by atomic mass is 35.5. The number of ether oxygens (including phenoxy) is 1. The van der Waals surface area contributed by atoms with Gasteiger partial charge in [-0.2, -0.15) is 0 Å². The summed E-state index contributed by atoms with van der Waals surface area (Å²) in [6.07, 6.45) is 8.53. The fourth-order valence-corrected chi connectivity index (χ4v) is 3.58. The van der Waals surface area contributed by atoms with Gasteiger partial charge in [0.1, 0.15) is 0 Å². The number of hydrogen-bond acceptors (Lipinski definition) is 1. The van der Waals surface area contributed by atoms with E-state index in [2.05, 4.69) is 13.8 Å². The largest absolute Gasteiger partial charge is 0.375 e. The third-order valence-corrected chi connectivity index (χ3v) is 4.52. The second kappa shape index (κ2) is 4.02. The van der Waals surface area contributed by atoms with Crippen molar-refractivity contribution in [3.63, 3.8) is 0 Å². The molecule has 0 radical (unpaired) electrons. The van der Waals surface area contributed by atoms with E-state index in [1.165, 1.54) is 32.1 Å². The molecule has 82 valence electrons. The molecule has 2 aliphatic carbocycles. The van der Waals surface area contributed by atoms with Crippen molar-refractivity contribution in [2.45, 2.75) is 70.0 Å². The maximum atomic E-state index is 6.38. The predicted octanol–water partition coefficient (Wildman–Crippen LogP) is 3.74. The molecule has 0 bridgehead atoms. The van der Waals surface area contributed by atoms with Gasteiger partial charge in [0.15, 0.2) is 0 Å². The summed E-state index contributed by atoms with van der Waals surface area (Å²) in [5.74, 6) is 0. The molecule has 2 unspecified atom stereocenters. The fraction of sp³-hybridized carbons (Fsp3) is 1.00. The summed E-state index contributed by atoms with van der Waals surface area (Å²) in [6.45, 7) is 4.25. The average Bonchev–Trinajstić information content (AvgIpc) is 2.18. The van der Waals surface area contributed by atoms with Crippen LogP contribution >= 0.6 is 11.6 Å². The summed E-state index contributed by atoms with van der Waals surface area (Å²) >= 11 is 6.38. The summed E-state index contributed by atoms with van der Waals surface area (Å²) in [6, 6.07) is 0. The lowest BCUT2D eigenvalue weighted by atomic mass is 9.58. The summed E-state index contributed by atoms with van der Waals surface area (Å²) in [4.78, 5) is 0. The standard InChI is InChI=1S/C12H21ClO/c1-9(2)14-11-8-10(13)12(11)6-4-3-5-7-12/h9-11H,3-8H2,1-2H3. The van der Waals surface area contributed by atoms with Crippen LogP contribution < -0.4 is 0 Å². The smallest absolute Gasteiger partial charge is 0.0663 e. The number of halogens is 1. The third kappa shape index (κ3) is 1.69. The molecule has 14 heavy (non-hydrogen) atoms. The minimum atomic E-state index is 0.350. The molecule has 0 saturated heterocycles. The molecule has 0 N–H and O–H groups in total. The van der Waals surface area contributed by atoms with E-state index in [4.69, 9.17) is 16.3 Å². The highest BCUT2D eigenvalue weighted by Crippen LogP contribution is 2.55. The summed E-state index contributed by atoms with van der Waals surface area (Å²) < 4.78 is 5.97. The van der Waals surface area contributed by atoms with E-state index in [1.807, 2.05) is 0 Å². The first-order valence-electron chi connectivity index (χ1n) is 5.95. The molecule has 0 aliphatic heterocycles. The molecule has 0 aromatic rings. The van der Waals surface area contributed by atoms with Crippen molar-refractivity contribution in [1.29, 1.82) is 0 Å². The minimum absolute atomic E-state index is 0.350. The van der Waals surface area contributed by atoms with Crippen molar-refractivity contribution in [3.8, 4) is 0 Å². The molecular formula is C12H21ClO. The molecule has 2 atom stereocenters. The molecule has 1 spiro atoms. The molecule has 2 saturated carbocycles. The van der Waals surface area contributed by atoms with Crippen molar-refractivity contribution in [2.75, 3.05) is 0 Å². The minimum Gasteiger partial charge on any atom is -0.375 e. The molecule has 0 heterocycles. The van der Waals surface area contributed by atoms with Gasteiger partial charge in [0, 0.05) is 10.8 Å². The van der Waals surface area contributed by atoms with Crippen LogP contribution in [0.2, 0.25) is 0 Å². The zero-order chi connectivity index (χ0) is 10.2. The van der Waals surface area contributed by atoms with E-state index in [0.717, 1.165) is 6.42 Å². The Balaban J connectivity index is 1.99. The monoisotopic (exact) mass is 216 g/mol. The lowest BCUT2D eigenvalue weighted by Crippen LogP contribution is -2.57. The third-order valence-electron chi connectivity index (χ3n) is 3.91. The van der Waals surface area contributed by atoms with Crippen LogP contribution in [0.1, 0.15) is 52.4 Å². The lowest BCUT2D eigenvalue weighted by molar-refractivity contribution is -0.144. The molecule has 0 amide bonds. The summed E-state index contributed by atoms with van der Waals surface area (Å²) in [5.41, 5.74) is 0.351. The highest BCUT2D eigenvalue weighted by Gasteiger charge is 2.55. The van der Waals surface area contributed by atoms with Crippen molar-refractivity contribution in [3.05, 3.63) is 0 Å². The van der Waals surface area contributed by atoms with Crippen LogP contribution in [-0.4, -0.2) is 17.6 Å². The second-order valence-corrected chi connectivity index (χ2v) is 5.70. The molecular weight excluding hydrogens is 196 g/mol. The van der Waals surface area contributed by atoms with Crippen LogP contribution in [0.25, 0.3) is 0 Å². The van der Waals surface area contributed by atoms with E-state index in [-0.39, 0.29) is 0 Å². The van der Waals surface area contributed by atoms with Gasteiger partial charge in [-0.1, -0.05) is 19.3 Å². The van der Waals surface area contributed by atoms with Crippen molar-refractivity contribution in [1.82, 2.24) is 0 Å². The topological polar surface area (TPSA) is 9.23 Å². The van der Waals surface area contributed by atoms with Gasteiger partial charge in [0.25, 0.3) is 0 Å². The Hall–Kier alpha value is 0.250. The van der Waals surface area contributed by atoms with Gasteiger partial charge in [0.05, 0.1) is 12.2 Å². The van der Waals surface area contributed by atoms with Gasteiger partial charge >= 0.3 is 0 Å². The van der Waals surface area contributed by atoms with Crippen LogP contribution in [0.3, 0.4) is 0 Å². The Kier molecular flexibility index (Phi) is 3.09. The highest BCUT2D eigenvalue weighted by molar-refractivity contribution is 6.21. The Morgan fingerprint density at radius 2 is 1.86 bits per heavy atom. The Morgan fingerprint density at radius 3 is 2.36 bits per heavy atom. The molecule has 2 heteroatoms. The van der Waals surface area contributed by atoms with Crippen LogP contribution in [0.15, 0.2) is 0 Å². The predicted molar refractivity (Wildman–Crippen MR) is 59.8 cm³/mol. The van der Waals surface area contributed by atoms with E-state index < -0.39 is 0 Å². The molecule has 2 fully saturated rings. The van der Waals surface area contributed by atoms with E-state index in [0.29, 0.717) is 23.0 Å². The SMILES string of the molecule is CC(C)OC1CC(Cl)C12CCCCC2. The molecule has 2 rings (SSSR count). The van der Waals surface area contributed by atoms with E-state index in [9.17, 15) is 0 Å². The maximum Gasteiger partial charge on any atom is 0.0663 e. The number of alkyl halides is 1. The quantitative estimate of drug-likeness (QED) is 0.639. The second-order valence-electron chi connectivity index (χ2n) is 5.17. The molecule has 0 aromatic heterocycles. The molecule has 0 aromatic carbocycles. The Morgan fingerprint density at radius 1 is 1.21 bits per heavy atom. The maximum absolute atomic E-state index is 6.38. The fourth-order valence-electron chi connectivity index (χ4n) is 3.06. The first-order valence-corrected chi connectivity index (χ1v) is 6.38. The van der Waals surface area contributed by atoms with Gasteiger partial charge < -0.3 is 4.74 Å². The summed E-state index contributed by atoms with van der Waals surface area (Å²) in [5, 5.41) is 0.381. The van der Waals surface area contributed by atoms with Gasteiger partial charge in [0.2, 0.25) is 0 Å². The summed E-state index contributed by atoms with van der Waals surface area (Å²) in [7, 11) is 0. The Bertz CT molecular complexity index is 196. The van der Waals surface area contributed by atoms with Gasteiger partial charge in [-0.3, -0.25) is 0 Å². The van der Waals surface area contributed by atoms with Crippen molar-refractivity contribution < 1.29 is 4.74 Å². The van der Waals surface area contributed by atoms with Crippen LogP contribution in [0, 0.1) is 5.41 Å². The average molecular weight is 217 g/mol. The number of rotatable bonds is 2. The zero-order valence-corrected chi connectivity index (χ0v) is 10.0. The van der Waals surface area contributed by atoms with Crippen molar-refractivity contribution >= 4 is 11.6 Å². The van der Waals surface area contributed by atoms with E-state index in [1.54, 1.807) is 0 Å². The van der Waals surface area contributed by atoms with Gasteiger partial charge in [-0.05, 0) is 33.1 Å².